The van der Waals surface area contributed by atoms with Crippen LogP contribution in [-0.2, 0) is 0 Å². The minimum absolute atomic E-state index is 0.175. The van der Waals surface area contributed by atoms with Crippen LogP contribution in [-0.4, -0.2) is 12.0 Å². The Morgan fingerprint density at radius 1 is 1.67 bits per heavy atom. The summed E-state index contributed by atoms with van der Waals surface area (Å²) in [5.74, 6) is 0.622. The van der Waals surface area contributed by atoms with Crippen LogP contribution in [0.3, 0.4) is 0 Å². The highest BCUT2D eigenvalue weighted by atomic mass is 16.1. The van der Waals surface area contributed by atoms with Crippen molar-refractivity contribution in [3.63, 3.8) is 0 Å². The lowest BCUT2D eigenvalue weighted by atomic mass is 10.2. The van der Waals surface area contributed by atoms with Crippen molar-refractivity contribution in [2.24, 2.45) is 0 Å². The molecule has 0 amide bonds. The molecule has 0 fully saturated rings. The first-order valence-corrected chi connectivity index (χ1v) is 3.51. The first-order chi connectivity index (χ1) is 5.69. The summed E-state index contributed by atoms with van der Waals surface area (Å²) in [7, 11) is 1.71. The summed E-state index contributed by atoms with van der Waals surface area (Å²) in [4.78, 5) is 13.7. The van der Waals surface area contributed by atoms with Gasteiger partial charge in [0, 0.05) is 7.05 Å². The SMILES string of the molecule is CNc1cc(C)c(C#N)c(=O)[nH]1. The van der Waals surface area contributed by atoms with Gasteiger partial charge in [-0.15, -0.1) is 0 Å². The van der Waals surface area contributed by atoms with E-state index in [0.29, 0.717) is 11.4 Å². The molecule has 0 saturated heterocycles. The van der Waals surface area contributed by atoms with Gasteiger partial charge < -0.3 is 10.3 Å². The Morgan fingerprint density at radius 2 is 2.33 bits per heavy atom. The molecule has 12 heavy (non-hydrogen) atoms. The minimum atomic E-state index is -0.346. The number of hydrogen-bond donors (Lipinski definition) is 2. The van der Waals surface area contributed by atoms with Crippen LogP contribution in [0.25, 0.3) is 0 Å². The lowest BCUT2D eigenvalue weighted by Gasteiger charge is -2.01. The maximum atomic E-state index is 11.1. The minimum Gasteiger partial charge on any atom is -0.375 e. The van der Waals surface area contributed by atoms with Gasteiger partial charge in [0.2, 0.25) is 0 Å². The molecule has 1 heterocycles. The van der Waals surface area contributed by atoms with Crippen LogP contribution in [0.5, 0.6) is 0 Å². The predicted octanol–water partition coefficient (Wildman–Crippen LogP) is 0.597. The molecule has 0 spiro atoms. The molecule has 0 radical (unpaired) electrons. The molecule has 4 heteroatoms. The Hall–Kier alpha value is -1.76. The number of hydrogen-bond acceptors (Lipinski definition) is 3. The maximum Gasteiger partial charge on any atom is 0.267 e. The quantitative estimate of drug-likeness (QED) is 0.636. The van der Waals surface area contributed by atoms with Crippen molar-refractivity contribution in [3.8, 4) is 6.07 Å². The Kier molecular flexibility index (Phi) is 2.15. The van der Waals surface area contributed by atoms with Gasteiger partial charge in [-0.1, -0.05) is 0 Å². The van der Waals surface area contributed by atoms with E-state index >= 15 is 0 Å². The van der Waals surface area contributed by atoms with Gasteiger partial charge in [0.25, 0.3) is 5.56 Å². The largest absolute Gasteiger partial charge is 0.375 e. The Bertz CT molecular complexity index is 386. The van der Waals surface area contributed by atoms with E-state index in [9.17, 15) is 4.79 Å². The normalized spacial score (nSPS) is 9.08. The smallest absolute Gasteiger partial charge is 0.267 e. The van der Waals surface area contributed by atoms with Gasteiger partial charge in [-0.2, -0.15) is 5.26 Å². The van der Waals surface area contributed by atoms with Gasteiger partial charge in [0.15, 0.2) is 0 Å². The molecule has 0 bridgehead atoms. The molecule has 4 nitrogen and oxygen atoms in total. The lowest BCUT2D eigenvalue weighted by molar-refractivity contribution is 1.17. The van der Waals surface area contributed by atoms with Crippen LogP contribution < -0.4 is 10.9 Å². The Morgan fingerprint density at radius 3 is 2.75 bits per heavy atom. The van der Waals surface area contributed by atoms with Gasteiger partial charge >= 0.3 is 0 Å². The zero-order valence-electron chi connectivity index (χ0n) is 6.93. The molecule has 1 aromatic heterocycles. The highest BCUT2D eigenvalue weighted by Crippen LogP contribution is 2.05. The van der Waals surface area contributed by atoms with E-state index in [1.54, 1.807) is 20.0 Å². The van der Waals surface area contributed by atoms with Crippen LogP contribution in [0.15, 0.2) is 10.9 Å². The summed E-state index contributed by atoms with van der Waals surface area (Å²) in [6.45, 7) is 1.73. The third-order valence-corrected chi connectivity index (χ3v) is 1.61. The van der Waals surface area contributed by atoms with E-state index in [0.717, 1.165) is 0 Å². The first kappa shape index (κ1) is 8.34. The summed E-state index contributed by atoms with van der Waals surface area (Å²) in [5.41, 5.74) is 0.515. The number of nitriles is 1. The van der Waals surface area contributed by atoms with Crippen LogP contribution >= 0.6 is 0 Å². The fraction of sp³-hybridized carbons (Fsp3) is 0.250. The second-order valence-electron chi connectivity index (χ2n) is 2.43. The number of aromatic nitrogens is 1. The van der Waals surface area contributed by atoms with Gasteiger partial charge in [0.05, 0.1) is 0 Å². The number of H-pyrrole nitrogens is 1. The molecule has 0 saturated carbocycles. The molecule has 0 atom stereocenters. The van der Waals surface area contributed by atoms with Crippen molar-refractivity contribution in [1.29, 1.82) is 5.26 Å². The van der Waals surface area contributed by atoms with Crippen molar-refractivity contribution >= 4 is 5.82 Å². The third kappa shape index (κ3) is 1.30. The number of aromatic amines is 1. The summed E-state index contributed by atoms with van der Waals surface area (Å²) in [5, 5.41) is 11.4. The number of aryl methyl sites for hydroxylation is 1. The Labute approximate surface area is 69.8 Å². The monoisotopic (exact) mass is 163 g/mol. The average Bonchev–Trinajstić information content (AvgIpc) is 2.03. The number of anilines is 1. The third-order valence-electron chi connectivity index (χ3n) is 1.61. The lowest BCUT2D eigenvalue weighted by Crippen LogP contribution is -2.13. The van der Waals surface area contributed by atoms with Crippen molar-refractivity contribution in [3.05, 3.63) is 27.5 Å². The number of nitrogens with zero attached hydrogens (tertiary/aromatic N) is 1. The van der Waals surface area contributed by atoms with Crippen molar-refractivity contribution in [1.82, 2.24) is 4.98 Å². The molecule has 0 aliphatic carbocycles. The van der Waals surface area contributed by atoms with Gasteiger partial charge in [0.1, 0.15) is 17.5 Å². The predicted molar refractivity (Wildman–Crippen MR) is 46.1 cm³/mol. The fourth-order valence-corrected chi connectivity index (χ4v) is 0.962. The van der Waals surface area contributed by atoms with E-state index in [-0.39, 0.29) is 11.1 Å². The maximum absolute atomic E-state index is 11.1. The highest BCUT2D eigenvalue weighted by molar-refractivity contribution is 5.44. The molecule has 62 valence electrons. The summed E-state index contributed by atoms with van der Waals surface area (Å²) in [6.07, 6.45) is 0. The molecule has 2 N–H and O–H groups in total. The summed E-state index contributed by atoms with van der Waals surface area (Å²) < 4.78 is 0. The van der Waals surface area contributed by atoms with E-state index in [2.05, 4.69) is 10.3 Å². The number of rotatable bonds is 1. The molecule has 0 aromatic carbocycles. The fourth-order valence-electron chi connectivity index (χ4n) is 0.962. The zero-order chi connectivity index (χ0) is 9.14. The van der Waals surface area contributed by atoms with Crippen molar-refractivity contribution in [2.75, 3.05) is 12.4 Å². The van der Waals surface area contributed by atoms with E-state index in [1.165, 1.54) is 0 Å². The van der Waals surface area contributed by atoms with Crippen molar-refractivity contribution in [2.45, 2.75) is 6.92 Å². The molecular weight excluding hydrogens is 154 g/mol. The highest BCUT2D eigenvalue weighted by Gasteiger charge is 2.03. The second-order valence-corrected chi connectivity index (χ2v) is 2.43. The molecule has 1 aromatic rings. The topological polar surface area (TPSA) is 68.7 Å². The van der Waals surface area contributed by atoms with Gasteiger partial charge in [-0.05, 0) is 18.6 Å². The van der Waals surface area contributed by atoms with Crippen LogP contribution in [0.1, 0.15) is 11.1 Å². The summed E-state index contributed by atoms with van der Waals surface area (Å²) >= 11 is 0. The standard InChI is InChI=1S/C8H9N3O/c1-5-3-7(10-2)11-8(12)6(5)4-9/h3H,1-2H3,(H2,10,11,12). The summed E-state index contributed by atoms with van der Waals surface area (Å²) in [6, 6.07) is 3.57. The number of pyridine rings is 1. The zero-order valence-corrected chi connectivity index (χ0v) is 6.93. The van der Waals surface area contributed by atoms with Crippen molar-refractivity contribution < 1.29 is 0 Å². The molecular formula is C8H9N3O. The second kappa shape index (κ2) is 3.09. The first-order valence-electron chi connectivity index (χ1n) is 3.51. The number of nitrogens with one attached hydrogen (secondary N) is 2. The van der Waals surface area contributed by atoms with Gasteiger partial charge in [-0.25, -0.2) is 0 Å². The van der Waals surface area contributed by atoms with Crippen LogP contribution in [0.4, 0.5) is 5.82 Å². The Balaban J connectivity index is 3.41. The molecule has 0 aliphatic rings. The van der Waals surface area contributed by atoms with E-state index < -0.39 is 0 Å². The van der Waals surface area contributed by atoms with E-state index in [1.807, 2.05) is 6.07 Å². The van der Waals surface area contributed by atoms with Crippen LogP contribution in [0, 0.1) is 18.3 Å². The van der Waals surface area contributed by atoms with Gasteiger partial charge in [-0.3, -0.25) is 4.79 Å². The average molecular weight is 163 g/mol. The molecule has 1 rings (SSSR count). The molecule has 0 aliphatic heterocycles. The molecule has 0 unspecified atom stereocenters. The van der Waals surface area contributed by atoms with E-state index in [4.69, 9.17) is 5.26 Å². The van der Waals surface area contributed by atoms with Crippen LogP contribution in [0.2, 0.25) is 0 Å².